The SMILES string of the molecule is O=C(Nc1ccc(S(=O)(=O)Cl)cc1)c1ccc(Cl)cc1Cl. The Kier molecular flexibility index (Phi) is 4.78. The Morgan fingerprint density at radius 1 is 1.00 bits per heavy atom. The van der Waals surface area contributed by atoms with E-state index < -0.39 is 15.0 Å². The average Bonchev–Trinajstić information content (AvgIpc) is 2.38. The fraction of sp³-hybridized carbons (Fsp3) is 0. The molecule has 0 radical (unpaired) electrons. The summed E-state index contributed by atoms with van der Waals surface area (Å²) in [6, 6.07) is 9.95. The van der Waals surface area contributed by atoms with Crippen LogP contribution in [-0.4, -0.2) is 14.3 Å². The first-order valence-electron chi connectivity index (χ1n) is 5.58. The van der Waals surface area contributed by atoms with Gasteiger partial charge in [0, 0.05) is 21.4 Å². The lowest BCUT2D eigenvalue weighted by Gasteiger charge is -2.07. The highest BCUT2D eigenvalue weighted by Gasteiger charge is 2.12. The largest absolute Gasteiger partial charge is 0.322 e. The number of benzene rings is 2. The molecule has 1 N–H and O–H groups in total. The number of amides is 1. The molecule has 0 spiro atoms. The molecule has 4 nitrogen and oxygen atoms in total. The summed E-state index contributed by atoms with van der Waals surface area (Å²) < 4.78 is 22.2. The van der Waals surface area contributed by atoms with E-state index in [2.05, 4.69) is 5.32 Å². The average molecular weight is 365 g/mol. The van der Waals surface area contributed by atoms with Crippen molar-refractivity contribution in [2.75, 3.05) is 5.32 Å². The standard InChI is InChI=1S/C13H8Cl3NO3S/c14-8-1-6-11(12(15)7-8)13(18)17-9-2-4-10(5-3-9)21(16,19)20/h1-7H,(H,17,18). The van der Waals surface area contributed by atoms with Gasteiger partial charge in [-0.05, 0) is 42.5 Å². The minimum absolute atomic E-state index is 0.0494. The minimum Gasteiger partial charge on any atom is -0.322 e. The van der Waals surface area contributed by atoms with Gasteiger partial charge in [0.15, 0.2) is 0 Å². The van der Waals surface area contributed by atoms with Crippen molar-refractivity contribution in [3.05, 3.63) is 58.1 Å². The van der Waals surface area contributed by atoms with Crippen molar-refractivity contribution in [3.8, 4) is 0 Å². The number of halogens is 3. The second kappa shape index (κ2) is 6.23. The predicted octanol–water partition coefficient (Wildman–Crippen LogP) is 4.17. The monoisotopic (exact) mass is 363 g/mol. The van der Waals surface area contributed by atoms with Gasteiger partial charge in [-0.2, -0.15) is 0 Å². The van der Waals surface area contributed by atoms with E-state index >= 15 is 0 Å². The van der Waals surface area contributed by atoms with Crippen molar-refractivity contribution in [2.45, 2.75) is 4.90 Å². The molecule has 2 aromatic rings. The lowest BCUT2D eigenvalue weighted by Crippen LogP contribution is -2.12. The van der Waals surface area contributed by atoms with Crippen molar-refractivity contribution in [1.29, 1.82) is 0 Å². The third kappa shape index (κ3) is 4.11. The Labute approximate surface area is 136 Å². The molecule has 0 aliphatic carbocycles. The van der Waals surface area contributed by atoms with Crippen LogP contribution in [0.2, 0.25) is 10.0 Å². The third-order valence-electron chi connectivity index (χ3n) is 2.57. The molecular weight excluding hydrogens is 357 g/mol. The highest BCUT2D eigenvalue weighted by molar-refractivity contribution is 8.13. The van der Waals surface area contributed by atoms with E-state index in [4.69, 9.17) is 33.9 Å². The Balaban J connectivity index is 2.20. The number of nitrogens with one attached hydrogen (secondary N) is 1. The Morgan fingerprint density at radius 3 is 2.14 bits per heavy atom. The highest BCUT2D eigenvalue weighted by atomic mass is 35.7. The molecule has 2 aromatic carbocycles. The maximum absolute atomic E-state index is 12.0. The summed E-state index contributed by atoms with van der Waals surface area (Å²) in [5.41, 5.74) is 0.671. The Hall–Kier alpha value is -1.27. The molecule has 110 valence electrons. The molecule has 0 atom stereocenters. The summed E-state index contributed by atoms with van der Waals surface area (Å²) in [6.45, 7) is 0. The molecule has 1 amide bonds. The van der Waals surface area contributed by atoms with Crippen LogP contribution in [-0.2, 0) is 9.05 Å². The molecule has 2 rings (SSSR count). The fourth-order valence-electron chi connectivity index (χ4n) is 1.57. The summed E-state index contributed by atoms with van der Waals surface area (Å²) in [4.78, 5) is 12.0. The summed E-state index contributed by atoms with van der Waals surface area (Å²) in [5.74, 6) is -0.432. The first-order chi connectivity index (χ1) is 9.77. The molecule has 0 aliphatic rings. The molecule has 0 aliphatic heterocycles. The first-order valence-corrected chi connectivity index (χ1v) is 8.65. The molecule has 0 bridgehead atoms. The van der Waals surface area contributed by atoms with E-state index in [1.165, 1.54) is 36.4 Å². The van der Waals surface area contributed by atoms with E-state index in [1.54, 1.807) is 6.07 Å². The molecule has 0 heterocycles. The smallest absolute Gasteiger partial charge is 0.261 e. The van der Waals surface area contributed by atoms with E-state index in [0.29, 0.717) is 10.7 Å². The van der Waals surface area contributed by atoms with Crippen LogP contribution >= 0.6 is 33.9 Å². The highest BCUT2D eigenvalue weighted by Crippen LogP contribution is 2.23. The van der Waals surface area contributed by atoms with E-state index in [0.717, 1.165) is 0 Å². The van der Waals surface area contributed by atoms with Crippen LogP contribution in [0.4, 0.5) is 5.69 Å². The van der Waals surface area contributed by atoms with Gasteiger partial charge < -0.3 is 5.32 Å². The van der Waals surface area contributed by atoms with E-state index in [1.807, 2.05) is 0 Å². The van der Waals surface area contributed by atoms with Gasteiger partial charge in [0.25, 0.3) is 15.0 Å². The zero-order valence-corrected chi connectivity index (χ0v) is 13.4. The van der Waals surface area contributed by atoms with E-state index in [9.17, 15) is 13.2 Å². The van der Waals surface area contributed by atoms with Gasteiger partial charge in [0.2, 0.25) is 0 Å². The van der Waals surface area contributed by atoms with Crippen molar-refractivity contribution < 1.29 is 13.2 Å². The lowest BCUT2D eigenvalue weighted by molar-refractivity contribution is 0.102. The van der Waals surface area contributed by atoms with Crippen LogP contribution in [0, 0.1) is 0 Å². The number of hydrogen-bond acceptors (Lipinski definition) is 3. The molecule has 0 saturated carbocycles. The maximum atomic E-state index is 12.0. The summed E-state index contributed by atoms with van der Waals surface area (Å²) >= 11 is 11.7. The zero-order valence-electron chi connectivity index (χ0n) is 10.3. The van der Waals surface area contributed by atoms with Gasteiger partial charge in [-0.15, -0.1) is 0 Å². The predicted molar refractivity (Wildman–Crippen MR) is 83.9 cm³/mol. The summed E-state index contributed by atoms with van der Waals surface area (Å²) in [5, 5.41) is 3.24. The molecule has 0 fully saturated rings. The van der Waals surface area contributed by atoms with Crippen LogP contribution in [0.5, 0.6) is 0 Å². The number of carbonyl (C=O) groups excluding carboxylic acids is 1. The van der Waals surface area contributed by atoms with Crippen molar-refractivity contribution >= 4 is 54.5 Å². The number of hydrogen-bond donors (Lipinski definition) is 1. The third-order valence-corrected chi connectivity index (χ3v) is 4.49. The minimum atomic E-state index is -3.79. The van der Waals surface area contributed by atoms with Crippen LogP contribution in [0.25, 0.3) is 0 Å². The number of rotatable bonds is 3. The topological polar surface area (TPSA) is 63.2 Å². The Bertz CT molecular complexity index is 789. The number of anilines is 1. The van der Waals surface area contributed by atoms with Crippen molar-refractivity contribution in [3.63, 3.8) is 0 Å². The lowest BCUT2D eigenvalue weighted by atomic mass is 10.2. The van der Waals surface area contributed by atoms with E-state index in [-0.39, 0.29) is 15.5 Å². The number of carbonyl (C=O) groups is 1. The second-order valence-electron chi connectivity index (χ2n) is 4.04. The molecular formula is C13H8Cl3NO3S. The van der Waals surface area contributed by atoms with Gasteiger partial charge in [0.1, 0.15) is 0 Å². The van der Waals surface area contributed by atoms with Crippen LogP contribution in [0.3, 0.4) is 0 Å². The van der Waals surface area contributed by atoms with Gasteiger partial charge in [-0.3, -0.25) is 4.79 Å². The van der Waals surface area contributed by atoms with Gasteiger partial charge >= 0.3 is 0 Å². The van der Waals surface area contributed by atoms with Gasteiger partial charge in [0.05, 0.1) is 15.5 Å². The van der Waals surface area contributed by atoms with Gasteiger partial charge in [-0.1, -0.05) is 23.2 Å². The quantitative estimate of drug-likeness (QED) is 0.831. The Morgan fingerprint density at radius 2 is 1.62 bits per heavy atom. The van der Waals surface area contributed by atoms with Crippen molar-refractivity contribution in [1.82, 2.24) is 0 Å². The normalized spacial score (nSPS) is 11.2. The fourth-order valence-corrected chi connectivity index (χ4v) is 2.84. The van der Waals surface area contributed by atoms with Gasteiger partial charge in [-0.25, -0.2) is 8.42 Å². The maximum Gasteiger partial charge on any atom is 0.261 e. The molecule has 21 heavy (non-hydrogen) atoms. The van der Waals surface area contributed by atoms with Crippen LogP contribution < -0.4 is 5.32 Å². The zero-order chi connectivity index (χ0) is 15.6. The second-order valence-corrected chi connectivity index (χ2v) is 7.45. The van der Waals surface area contributed by atoms with Crippen LogP contribution in [0.1, 0.15) is 10.4 Å². The molecule has 0 aromatic heterocycles. The van der Waals surface area contributed by atoms with Crippen LogP contribution in [0.15, 0.2) is 47.4 Å². The van der Waals surface area contributed by atoms with Crippen molar-refractivity contribution in [2.24, 2.45) is 0 Å². The summed E-state index contributed by atoms with van der Waals surface area (Å²) in [6.07, 6.45) is 0. The summed E-state index contributed by atoms with van der Waals surface area (Å²) in [7, 11) is 1.42. The first kappa shape index (κ1) is 16.1. The molecule has 0 unspecified atom stereocenters. The molecule has 0 saturated heterocycles. The molecule has 8 heteroatoms.